The van der Waals surface area contributed by atoms with Crippen LogP contribution in [0.25, 0.3) is 0 Å². The van der Waals surface area contributed by atoms with E-state index in [0.29, 0.717) is 13.1 Å². The maximum Gasteiger partial charge on any atom is 0.273 e. The van der Waals surface area contributed by atoms with Crippen LogP contribution >= 0.6 is 0 Å². The molecule has 0 aliphatic carbocycles. The van der Waals surface area contributed by atoms with E-state index in [0.717, 1.165) is 5.56 Å². The monoisotopic (exact) mass is 291 g/mol. The van der Waals surface area contributed by atoms with Gasteiger partial charge in [0.25, 0.3) is 5.91 Å². The van der Waals surface area contributed by atoms with Gasteiger partial charge in [-0.1, -0.05) is 17.3 Å². The van der Waals surface area contributed by atoms with Crippen molar-refractivity contribution in [3.63, 3.8) is 0 Å². The number of hydrogen-bond acceptors (Lipinski definition) is 4. The SMILES string of the molecule is CNC(C)CNC(=O)c1cn(Cc2cccc(F)c2)nn1. The van der Waals surface area contributed by atoms with Gasteiger partial charge in [0, 0.05) is 12.6 Å². The molecule has 1 amide bonds. The van der Waals surface area contributed by atoms with Crippen molar-refractivity contribution in [3.05, 3.63) is 47.5 Å². The summed E-state index contributed by atoms with van der Waals surface area (Å²) in [5.74, 6) is -0.575. The normalized spacial score (nSPS) is 12.1. The van der Waals surface area contributed by atoms with Gasteiger partial charge in [-0.3, -0.25) is 4.79 Å². The third-order valence-electron chi connectivity index (χ3n) is 3.07. The molecular weight excluding hydrogens is 273 g/mol. The number of nitrogens with zero attached hydrogens (tertiary/aromatic N) is 3. The first-order valence-corrected chi connectivity index (χ1v) is 6.68. The van der Waals surface area contributed by atoms with Crippen molar-refractivity contribution in [1.29, 1.82) is 0 Å². The Hall–Kier alpha value is -2.28. The van der Waals surface area contributed by atoms with Crippen LogP contribution in [0.3, 0.4) is 0 Å². The fourth-order valence-corrected chi connectivity index (χ4v) is 1.74. The molecule has 2 rings (SSSR count). The van der Waals surface area contributed by atoms with Gasteiger partial charge in [-0.25, -0.2) is 9.07 Å². The molecule has 2 aromatic rings. The Kier molecular flexibility index (Phi) is 4.99. The summed E-state index contributed by atoms with van der Waals surface area (Å²) in [7, 11) is 1.83. The van der Waals surface area contributed by atoms with E-state index in [1.807, 2.05) is 14.0 Å². The van der Waals surface area contributed by atoms with Gasteiger partial charge in [-0.2, -0.15) is 0 Å². The van der Waals surface area contributed by atoms with Crippen LogP contribution in [0.5, 0.6) is 0 Å². The van der Waals surface area contributed by atoms with Gasteiger partial charge < -0.3 is 10.6 Å². The number of carbonyl (C=O) groups excluding carboxylic acids is 1. The minimum Gasteiger partial charge on any atom is -0.349 e. The molecule has 21 heavy (non-hydrogen) atoms. The number of amides is 1. The van der Waals surface area contributed by atoms with Crippen LogP contribution in [0.4, 0.5) is 4.39 Å². The van der Waals surface area contributed by atoms with Crippen molar-refractivity contribution in [2.75, 3.05) is 13.6 Å². The Morgan fingerprint density at radius 1 is 1.48 bits per heavy atom. The third kappa shape index (κ3) is 4.35. The average molecular weight is 291 g/mol. The van der Waals surface area contributed by atoms with Gasteiger partial charge in [0.15, 0.2) is 5.69 Å². The van der Waals surface area contributed by atoms with Crippen molar-refractivity contribution in [2.45, 2.75) is 19.5 Å². The van der Waals surface area contributed by atoms with Gasteiger partial charge in [0.2, 0.25) is 0 Å². The first-order chi connectivity index (χ1) is 10.1. The summed E-state index contributed by atoms with van der Waals surface area (Å²) in [4.78, 5) is 11.9. The largest absolute Gasteiger partial charge is 0.349 e. The average Bonchev–Trinajstić information content (AvgIpc) is 2.93. The molecule has 1 heterocycles. The smallest absolute Gasteiger partial charge is 0.273 e. The van der Waals surface area contributed by atoms with E-state index in [-0.39, 0.29) is 23.5 Å². The molecule has 2 N–H and O–H groups in total. The number of halogens is 1. The van der Waals surface area contributed by atoms with E-state index >= 15 is 0 Å². The zero-order valence-electron chi connectivity index (χ0n) is 12.0. The van der Waals surface area contributed by atoms with Crippen molar-refractivity contribution in [2.24, 2.45) is 0 Å². The number of rotatable bonds is 6. The highest BCUT2D eigenvalue weighted by Crippen LogP contribution is 2.05. The second-order valence-electron chi connectivity index (χ2n) is 4.83. The number of benzene rings is 1. The molecule has 112 valence electrons. The molecule has 0 saturated carbocycles. The molecule has 0 bridgehead atoms. The highest BCUT2D eigenvalue weighted by atomic mass is 19.1. The quantitative estimate of drug-likeness (QED) is 0.826. The number of aromatic nitrogens is 3. The lowest BCUT2D eigenvalue weighted by Crippen LogP contribution is -2.37. The molecule has 6 nitrogen and oxygen atoms in total. The van der Waals surface area contributed by atoms with Gasteiger partial charge in [0.1, 0.15) is 5.82 Å². The Labute approximate surface area is 122 Å². The Morgan fingerprint density at radius 3 is 3.00 bits per heavy atom. The lowest BCUT2D eigenvalue weighted by molar-refractivity contribution is 0.0945. The molecule has 0 radical (unpaired) electrons. The lowest BCUT2D eigenvalue weighted by atomic mass is 10.2. The van der Waals surface area contributed by atoms with Crippen LogP contribution in [0.15, 0.2) is 30.5 Å². The third-order valence-corrected chi connectivity index (χ3v) is 3.07. The fraction of sp³-hybridized carbons (Fsp3) is 0.357. The number of likely N-dealkylation sites (N-methyl/N-ethyl adjacent to an activating group) is 1. The van der Waals surface area contributed by atoms with E-state index in [4.69, 9.17) is 0 Å². The molecule has 0 spiro atoms. The van der Waals surface area contributed by atoms with Crippen molar-refractivity contribution in [3.8, 4) is 0 Å². The molecule has 0 fully saturated rings. The van der Waals surface area contributed by atoms with Gasteiger partial charge >= 0.3 is 0 Å². The zero-order valence-corrected chi connectivity index (χ0v) is 12.0. The first-order valence-electron chi connectivity index (χ1n) is 6.68. The van der Waals surface area contributed by atoms with Crippen LogP contribution < -0.4 is 10.6 Å². The van der Waals surface area contributed by atoms with Gasteiger partial charge in [0.05, 0.1) is 12.7 Å². The Balaban J connectivity index is 1.96. The summed E-state index contributed by atoms with van der Waals surface area (Å²) in [5, 5.41) is 13.5. The minimum absolute atomic E-state index is 0.177. The van der Waals surface area contributed by atoms with Crippen LogP contribution in [-0.2, 0) is 6.54 Å². The summed E-state index contributed by atoms with van der Waals surface area (Å²) in [5.41, 5.74) is 1.00. The molecule has 7 heteroatoms. The van der Waals surface area contributed by atoms with Crippen LogP contribution in [0.2, 0.25) is 0 Å². The fourth-order valence-electron chi connectivity index (χ4n) is 1.74. The molecule has 0 aliphatic heterocycles. The number of nitrogens with one attached hydrogen (secondary N) is 2. The van der Waals surface area contributed by atoms with E-state index in [1.54, 1.807) is 18.3 Å². The summed E-state index contributed by atoms with van der Waals surface area (Å²) >= 11 is 0. The van der Waals surface area contributed by atoms with E-state index in [2.05, 4.69) is 20.9 Å². The first kappa shape index (κ1) is 15.1. The summed E-state index contributed by atoms with van der Waals surface area (Å²) in [6.07, 6.45) is 1.55. The van der Waals surface area contributed by atoms with Gasteiger partial charge in [-0.15, -0.1) is 5.10 Å². The Bertz CT molecular complexity index is 613. The highest BCUT2D eigenvalue weighted by molar-refractivity contribution is 5.91. The Morgan fingerprint density at radius 2 is 2.29 bits per heavy atom. The zero-order chi connectivity index (χ0) is 15.2. The number of carbonyl (C=O) groups is 1. The molecular formula is C14H18FN5O. The standard InChI is InChI=1S/C14H18FN5O/c1-10(16-2)7-17-14(21)13-9-20(19-18-13)8-11-4-3-5-12(15)6-11/h3-6,9-10,16H,7-8H2,1-2H3,(H,17,21). The van der Waals surface area contributed by atoms with Crippen molar-refractivity contribution < 1.29 is 9.18 Å². The maximum atomic E-state index is 13.1. The predicted octanol–water partition coefficient (Wildman–Crippen LogP) is 0.803. The molecule has 0 saturated heterocycles. The molecule has 1 unspecified atom stereocenters. The summed E-state index contributed by atoms with van der Waals surface area (Å²) < 4.78 is 14.6. The minimum atomic E-state index is -0.299. The van der Waals surface area contributed by atoms with E-state index < -0.39 is 0 Å². The highest BCUT2D eigenvalue weighted by Gasteiger charge is 2.11. The molecule has 0 aliphatic rings. The van der Waals surface area contributed by atoms with E-state index in [9.17, 15) is 9.18 Å². The second kappa shape index (κ2) is 6.94. The van der Waals surface area contributed by atoms with Crippen LogP contribution in [0.1, 0.15) is 23.0 Å². The van der Waals surface area contributed by atoms with E-state index in [1.165, 1.54) is 16.8 Å². The van der Waals surface area contributed by atoms with Crippen molar-refractivity contribution in [1.82, 2.24) is 25.6 Å². The van der Waals surface area contributed by atoms with Gasteiger partial charge in [-0.05, 0) is 31.7 Å². The summed E-state index contributed by atoms with van der Waals surface area (Å²) in [6.45, 7) is 2.83. The van der Waals surface area contributed by atoms with Crippen molar-refractivity contribution >= 4 is 5.91 Å². The molecule has 1 aromatic carbocycles. The maximum absolute atomic E-state index is 13.1. The second-order valence-corrected chi connectivity index (χ2v) is 4.83. The lowest BCUT2D eigenvalue weighted by Gasteiger charge is -2.09. The number of hydrogen-bond donors (Lipinski definition) is 2. The topological polar surface area (TPSA) is 71.8 Å². The molecule has 1 atom stereocenters. The predicted molar refractivity (Wildman–Crippen MR) is 76.4 cm³/mol. The van der Waals surface area contributed by atoms with Crippen LogP contribution in [0, 0.1) is 5.82 Å². The summed E-state index contributed by atoms with van der Waals surface area (Å²) in [6, 6.07) is 6.41. The van der Waals surface area contributed by atoms with Crippen LogP contribution in [-0.4, -0.2) is 40.5 Å². The molecule has 1 aromatic heterocycles.